The van der Waals surface area contributed by atoms with Crippen molar-refractivity contribution in [3.63, 3.8) is 0 Å². The molecular weight excluding hydrogens is 440 g/mol. The number of hydrogen-bond donors (Lipinski definition) is 1. The Bertz CT molecular complexity index is 1190. The largest absolute Gasteiger partial charge is 0.506 e. The van der Waals surface area contributed by atoms with Crippen molar-refractivity contribution in [3.8, 4) is 11.1 Å². The highest BCUT2D eigenvalue weighted by Gasteiger charge is 2.30. The van der Waals surface area contributed by atoms with E-state index in [2.05, 4.69) is 9.98 Å². The number of carbonyl (C=O) groups is 1. The van der Waals surface area contributed by atoms with Gasteiger partial charge in [0, 0.05) is 18.6 Å². The third-order valence-corrected chi connectivity index (χ3v) is 4.53. The minimum Gasteiger partial charge on any atom is -0.506 e. The predicted octanol–water partition coefficient (Wildman–Crippen LogP) is 6.14. The van der Waals surface area contributed by atoms with Gasteiger partial charge in [-0.3, -0.25) is 9.98 Å². The zero-order valence-corrected chi connectivity index (χ0v) is 17.3. The molecule has 0 radical (unpaired) electrons. The minimum atomic E-state index is -4.50. The van der Waals surface area contributed by atoms with Crippen LogP contribution >= 0.6 is 0 Å². The minimum absolute atomic E-state index is 0.0206. The van der Waals surface area contributed by atoms with Crippen LogP contribution in [0, 0.1) is 5.82 Å². The highest BCUT2D eigenvalue weighted by Crippen LogP contribution is 2.30. The van der Waals surface area contributed by atoms with Gasteiger partial charge in [-0.25, -0.2) is 9.18 Å². The average Bonchev–Trinajstić information content (AvgIpc) is 2.79. The number of alkyl halides is 3. The van der Waals surface area contributed by atoms with Crippen molar-refractivity contribution in [2.24, 2.45) is 4.99 Å². The Kier molecular flexibility index (Phi) is 7.22. The summed E-state index contributed by atoms with van der Waals surface area (Å²) in [5.74, 6) is -2.49. The Morgan fingerprint density at radius 2 is 1.73 bits per heavy atom. The zero-order valence-electron chi connectivity index (χ0n) is 17.3. The molecule has 0 unspecified atom stereocenters. The zero-order chi connectivity index (χ0) is 24.0. The van der Waals surface area contributed by atoms with Crippen LogP contribution in [0.4, 0.5) is 23.2 Å². The van der Waals surface area contributed by atoms with Gasteiger partial charge in [0.25, 0.3) is 0 Å². The van der Waals surface area contributed by atoms with Gasteiger partial charge >= 0.3 is 12.1 Å². The average molecular weight is 458 g/mol. The van der Waals surface area contributed by atoms with Gasteiger partial charge in [-0.15, -0.1) is 0 Å². The fourth-order valence-electron chi connectivity index (χ4n) is 2.87. The quantitative estimate of drug-likeness (QED) is 0.158. The molecule has 1 aromatic heterocycles. The first kappa shape index (κ1) is 23.6. The van der Waals surface area contributed by atoms with Crippen LogP contribution in [-0.4, -0.2) is 28.9 Å². The molecular formula is C24H18F4N2O3. The number of hydrogen-bond acceptors (Lipinski definition) is 5. The van der Waals surface area contributed by atoms with Crippen LogP contribution in [0.25, 0.3) is 16.9 Å². The molecule has 2 aromatic carbocycles. The molecule has 5 nitrogen and oxygen atoms in total. The lowest BCUT2D eigenvalue weighted by molar-refractivity contribution is -0.138. The number of aromatic nitrogens is 1. The second kappa shape index (κ2) is 10.1. The summed E-state index contributed by atoms with van der Waals surface area (Å²) < 4.78 is 57.8. The molecule has 0 aliphatic carbocycles. The number of aliphatic imine (C=N–C) groups is 1. The van der Waals surface area contributed by atoms with Gasteiger partial charge in [0.1, 0.15) is 17.1 Å². The molecule has 0 atom stereocenters. The summed E-state index contributed by atoms with van der Waals surface area (Å²) in [6, 6.07) is 11.3. The monoisotopic (exact) mass is 458 g/mol. The van der Waals surface area contributed by atoms with E-state index >= 15 is 0 Å². The van der Waals surface area contributed by atoms with Crippen LogP contribution in [0.1, 0.15) is 18.1 Å². The molecule has 0 spiro atoms. The molecule has 0 aliphatic heterocycles. The molecule has 0 bridgehead atoms. The maximum absolute atomic E-state index is 14.8. The van der Waals surface area contributed by atoms with Gasteiger partial charge in [-0.1, -0.05) is 6.07 Å². The first-order chi connectivity index (χ1) is 15.7. The number of benzene rings is 2. The van der Waals surface area contributed by atoms with E-state index in [-0.39, 0.29) is 17.9 Å². The lowest BCUT2D eigenvalue weighted by Crippen LogP contribution is -2.12. The highest BCUT2D eigenvalue weighted by molar-refractivity contribution is 6.15. The van der Waals surface area contributed by atoms with E-state index in [1.54, 1.807) is 37.5 Å². The molecule has 0 fully saturated rings. The molecule has 3 rings (SSSR count). The first-order valence-corrected chi connectivity index (χ1v) is 9.72. The fraction of sp³-hybridized carbons (Fsp3) is 0.125. The molecule has 1 N–H and O–H groups in total. The van der Waals surface area contributed by atoms with E-state index in [0.717, 1.165) is 30.5 Å². The SMILES string of the molecule is CCOC(=O)/C(C=Nc1ccc(C(F)(F)F)cc1)=C(\O)c1ccc(-c2ccncc2)cc1F. The van der Waals surface area contributed by atoms with Crippen molar-refractivity contribution < 1.29 is 32.2 Å². The van der Waals surface area contributed by atoms with Gasteiger partial charge in [0.15, 0.2) is 0 Å². The predicted molar refractivity (Wildman–Crippen MR) is 115 cm³/mol. The molecule has 0 aliphatic rings. The molecule has 0 amide bonds. The number of pyridine rings is 1. The summed E-state index contributed by atoms with van der Waals surface area (Å²) in [5.41, 5.74) is -0.258. The third kappa shape index (κ3) is 5.82. The molecule has 33 heavy (non-hydrogen) atoms. The summed E-state index contributed by atoms with van der Waals surface area (Å²) in [7, 11) is 0. The maximum atomic E-state index is 14.8. The second-order valence-corrected chi connectivity index (χ2v) is 6.72. The number of aliphatic hydroxyl groups is 1. The second-order valence-electron chi connectivity index (χ2n) is 6.72. The van der Waals surface area contributed by atoms with Gasteiger partial charge in [-0.05, 0) is 66.6 Å². The Balaban J connectivity index is 1.98. The normalized spacial score (nSPS) is 12.5. The van der Waals surface area contributed by atoms with Crippen LogP contribution < -0.4 is 0 Å². The molecule has 170 valence electrons. The van der Waals surface area contributed by atoms with Crippen molar-refractivity contribution in [1.82, 2.24) is 4.98 Å². The number of nitrogens with zero attached hydrogens (tertiary/aromatic N) is 2. The van der Waals surface area contributed by atoms with E-state index in [4.69, 9.17) is 4.74 Å². The van der Waals surface area contributed by atoms with Gasteiger partial charge in [-0.2, -0.15) is 13.2 Å². The Hall–Kier alpha value is -4.01. The molecule has 0 saturated carbocycles. The number of ether oxygens (including phenoxy) is 1. The Morgan fingerprint density at radius 1 is 1.06 bits per heavy atom. The third-order valence-electron chi connectivity index (χ3n) is 4.53. The number of carbonyl (C=O) groups excluding carboxylic acids is 1. The van der Waals surface area contributed by atoms with E-state index in [1.165, 1.54) is 12.1 Å². The van der Waals surface area contributed by atoms with Crippen molar-refractivity contribution in [2.75, 3.05) is 6.61 Å². The lowest BCUT2D eigenvalue weighted by Gasteiger charge is -2.10. The van der Waals surface area contributed by atoms with Crippen molar-refractivity contribution in [3.05, 3.63) is 89.5 Å². The molecule has 3 aromatic rings. The summed E-state index contributed by atoms with van der Waals surface area (Å²) in [4.78, 5) is 20.2. The van der Waals surface area contributed by atoms with Crippen LogP contribution in [0.3, 0.4) is 0 Å². The van der Waals surface area contributed by atoms with Gasteiger partial charge in [0.05, 0.1) is 23.4 Å². The molecule has 1 heterocycles. The van der Waals surface area contributed by atoms with Crippen LogP contribution in [-0.2, 0) is 15.7 Å². The standard InChI is InChI=1S/C24H18F4N2O3/c1-2-33-23(32)20(14-30-18-6-4-17(5-7-18)24(26,27)28)22(31)19-8-3-16(13-21(19)25)15-9-11-29-12-10-15/h3-14,31H,2H2,1H3/b22-20-,30-14?. The lowest BCUT2D eigenvalue weighted by atomic mass is 10.0. The maximum Gasteiger partial charge on any atom is 0.416 e. The van der Waals surface area contributed by atoms with Crippen molar-refractivity contribution >= 4 is 23.6 Å². The van der Waals surface area contributed by atoms with Crippen molar-refractivity contribution in [1.29, 1.82) is 0 Å². The summed E-state index contributed by atoms with van der Waals surface area (Å²) in [6.45, 7) is 1.52. The molecule has 0 saturated heterocycles. The number of halogens is 4. The highest BCUT2D eigenvalue weighted by atomic mass is 19.4. The fourth-order valence-corrected chi connectivity index (χ4v) is 2.87. The Morgan fingerprint density at radius 3 is 2.30 bits per heavy atom. The van der Waals surface area contributed by atoms with Gasteiger partial charge in [0.2, 0.25) is 0 Å². The van der Waals surface area contributed by atoms with E-state index in [9.17, 15) is 27.5 Å². The summed E-state index contributed by atoms with van der Waals surface area (Å²) in [6.07, 6.45) is -0.479. The van der Waals surface area contributed by atoms with E-state index in [0.29, 0.717) is 11.1 Å². The Labute approximate surface area is 186 Å². The first-order valence-electron chi connectivity index (χ1n) is 9.72. The van der Waals surface area contributed by atoms with Gasteiger partial charge < -0.3 is 9.84 Å². The molecule has 9 heteroatoms. The van der Waals surface area contributed by atoms with Crippen molar-refractivity contribution in [2.45, 2.75) is 13.1 Å². The van der Waals surface area contributed by atoms with Crippen LogP contribution in [0.5, 0.6) is 0 Å². The smallest absolute Gasteiger partial charge is 0.416 e. The summed E-state index contributed by atoms with van der Waals surface area (Å²) in [5, 5.41) is 10.6. The van der Waals surface area contributed by atoms with Crippen LogP contribution in [0.15, 0.2) is 77.6 Å². The number of rotatable bonds is 6. The summed E-state index contributed by atoms with van der Waals surface area (Å²) >= 11 is 0. The number of aliphatic hydroxyl groups excluding tert-OH is 1. The van der Waals surface area contributed by atoms with E-state index in [1.807, 2.05) is 0 Å². The topological polar surface area (TPSA) is 71.8 Å². The number of esters is 1. The van der Waals surface area contributed by atoms with E-state index < -0.39 is 34.9 Å². The van der Waals surface area contributed by atoms with Crippen LogP contribution in [0.2, 0.25) is 0 Å².